The Morgan fingerprint density at radius 1 is 1.35 bits per heavy atom. The van der Waals surface area contributed by atoms with Gasteiger partial charge in [0, 0.05) is 37.9 Å². The van der Waals surface area contributed by atoms with E-state index in [2.05, 4.69) is 20.8 Å². The number of hydrogen-bond acceptors (Lipinski definition) is 4. The third-order valence-corrected chi connectivity index (χ3v) is 5.05. The summed E-state index contributed by atoms with van der Waals surface area (Å²) in [5.41, 5.74) is 2.16. The van der Waals surface area contributed by atoms with Gasteiger partial charge < -0.3 is 19.1 Å². The van der Waals surface area contributed by atoms with Crippen LogP contribution >= 0.6 is 0 Å². The van der Waals surface area contributed by atoms with Gasteiger partial charge in [0.25, 0.3) is 0 Å². The molecule has 0 radical (unpaired) electrons. The highest BCUT2D eigenvalue weighted by Crippen LogP contribution is 2.35. The number of benzene rings is 1. The Bertz CT molecular complexity index is 623. The Kier molecular flexibility index (Phi) is 7.23. The van der Waals surface area contributed by atoms with Crippen LogP contribution in [0, 0.1) is 11.8 Å². The number of carbonyl (C=O) groups is 1. The molecular weight excluding hydrogens is 330 g/mol. The summed E-state index contributed by atoms with van der Waals surface area (Å²) < 4.78 is 17.4. The highest BCUT2D eigenvalue weighted by molar-refractivity contribution is 5.77. The standard InChI is InChI=1S/C21H31NO4/c1-14(7-12-19(23)22(4)5)16(3)20-15(2)13-25-21(26-20)17-8-10-18(24-6)11-9-17/h7-11,15-16,20-21H,12-13H2,1-6H3/b14-7+/t15-,16+,20-,21-/m1/s1. The first-order chi connectivity index (χ1) is 12.3. The largest absolute Gasteiger partial charge is 0.497 e. The van der Waals surface area contributed by atoms with E-state index >= 15 is 0 Å². The van der Waals surface area contributed by atoms with Gasteiger partial charge in [-0.15, -0.1) is 0 Å². The number of rotatable bonds is 6. The monoisotopic (exact) mass is 361 g/mol. The van der Waals surface area contributed by atoms with Gasteiger partial charge in [0.1, 0.15) is 5.75 Å². The van der Waals surface area contributed by atoms with Crippen molar-refractivity contribution in [3.05, 3.63) is 41.5 Å². The van der Waals surface area contributed by atoms with Crippen molar-refractivity contribution in [3.63, 3.8) is 0 Å². The maximum absolute atomic E-state index is 11.8. The van der Waals surface area contributed by atoms with Gasteiger partial charge in [-0.2, -0.15) is 0 Å². The Labute approximate surface area is 156 Å². The Hall–Kier alpha value is -1.85. The summed E-state index contributed by atoms with van der Waals surface area (Å²) in [5.74, 6) is 1.41. The lowest BCUT2D eigenvalue weighted by Crippen LogP contribution is -2.39. The lowest BCUT2D eigenvalue weighted by Gasteiger charge is -2.38. The van der Waals surface area contributed by atoms with E-state index in [1.54, 1.807) is 26.1 Å². The smallest absolute Gasteiger partial charge is 0.225 e. The number of methoxy groups -OCH3 is 1. The number of carbonyl (C=O) groups excluding carboxylic acids is 1. The van der Waals surface area contributed by atoms with E-state index in [-0.39, 0.29) is 30.1 Å². The molecule has 0 aromatic heterocycles. The molecule has 1 aliphatic heterocycles. The number of nitrogens with zero attached hydrogens (tertiary/aromatic N) is 1. The fourth-order valence-corrected chi connectivity index (χ4v) is 3.07. The van der Waals surface area contributed by atoms with Crippen LogP contribution in [-0.4, -0.2) is 44.7 Å². The van der Waals surface area contributed by atoms with Crippen LogP contribution in [0.15, 0.2) is 35.9 Å². The van der Waals surface area contributed by atoms with E-state index in [1.165, 1.54) is 5.57 Å². The maximum Gasteiger partial charge on any atom is 0.225 e. The van der Waals surface area contributed by atoms with E-state index in [4.69, 9.17) is 14.2 Å². The second-order valence-corrected chi connectivity index (χ2v) is 7.25. The van der Waals surface area contributed by atoms with Crippen molar-refractivity contribution < 1.29 is 19.0 Å². The summed E-state index contributed by atoms with van der Waals surface area (Å²) in [6, 6.07) is 7.77. The van der Waals surface area contributed by atoms with Crippen LogP contribution in [0.2, 0.25) is 0 Å². The normalized spacial score (nSPS) is 24.8. The zero-order valence-electron chi connectivity index (χ0n) is 16.7. The van der Waals surface area contributed by atoms with E-state index in [9.17, 15) is 4.79 Å². The summed E-state index contributed by atoms with van der Waals surface area (Å²) in [6.07, 6.45) is 2.10. The highest BCUT2D eigenvalue weighted by atomic mass is 16.7. The van der Waals surface area contributed by atoms with Crippen LogP contribution in [0.5, 0.6) is 5.75 Å². The van der Waals surface area contributed by atoms with Crippen molar-refractivity contribution >= 4 is 5.91 Å². The third kappa shape index (κ3) is 5.08. The lowest BCUT2D eigenvalue weighted by molar-refractivity contribution is -0.246. The molecule has 1 aliphatic rings. The molecule has 1 aromatic rings. The molecule has 5 heteroatoms. The third-order valence-electron chi connectivity index (χ3n) is 5.05. The van der Waals surface area contributed by atoms with Gasteiger partial charge in [0.05, 0.1) is 19.8 Å². The van der Waals surface area contributed by atoms with Gasteiger partial charge in [-0.1, -0.05) is 37.6 Å². The maximum atomic E-state index is 11.8. The van der Waals surface area contributed by atoms with Crippen LogP contribution in [0.3, 0.4) is 0 Å². The van der Waals surface area contributed by atoms with E-state index in [1.807, 2.05) is 30.3 Å². The Morgan fingerprint density at radius 3 is 2.58 bits per heavy atom. The first kappa shape index (κ1) is 20.5. The molecule has 5 nitrogen and oxygen atoms in total. The van der Waals surface area contributed by atoms with E-state index in [0.29, 0.717) is 13.0 Å². The molecule has 144 valence electrons. The van der Waals surface area contributed by atoms with Gasteiger partial charge in [0.2, 0.25) is 5.91 Å². The van der Waals surface area contributed by atoms with Gasteiger partial charge in [-0.25, -0.2) is 0 Å². The molecule has 0 N–H and O–H groups in total. The fraction of sp³-hybridized carbons (Fsp3) is 0.571. The molecule has 1 fully saturated rings. The topological polar surface area (TPSA) is 48.0 Å². The second kappa shape index (κ2) is 9.19. The molecular formula is C21H31NO4. The van der Waals surface area contributed by atoms with Crippen molar-refractivity contribution in [1.82, 2.24) is 4.90 Å². The molecule has 0 bridgehead atoms. The van der Waals surface area contributed by atoms with Crippen LogP contribution in [0.1, 0.15) is 39.0 Å². The molecule has 0 unspecified atom stereocenters. The highest BCUT2D eigenvalue weighted by Gasteiger charge is 2.34. The molecule has 1 heterocycles. The summed E-state index contributed by atoms with van der Waals surface area (Å²) in [7, 11) is 5.20. The molecule has 0 spiro atoms. The molecule has 0 saturated carbocycles. The molecule has 1 saturated heterocycles. The summed E-state index contributed by atoms with van der Waals surface area (Å²) in [4.78, 5) is 13.4. The lowest BCUT2D eigenvalue weighted by atomic mass is 9.87. The second-order valence-electron chi connectivity index (χ2n) is 7.25. The zero-order chi connectivity index (χ0) is 19.3. The minimum atomic E-state index is -0.374. The zero-order valence-corrected chi connectivity index (χ0v) is 16.7. The first-order valence-electron chi connectivity index (χ1n) is 9.11. The summed E-state index contributed by atoms with van der Waals surface area (Å²) >= 11 is 0. The molecule has 2 rings (SSSR count). The van der Waals surface area contributed by atoms with Gasteiger partial charge in [0.15, 0.2) is 6.29 Å². The average Bonchev–Trinajstić information content (AvgIpc) is 2.65. The Morgan fingerprint density at radius 2 is 2.00 bits per heavy atom. The predicted octanol–water partition coefficient (Wildman–Crippen LogP) is 3.81. The number of amides is 1. The number of hydrogen-bond donors (Lipinski definition) is 0. The van der Waals surface area contributed by atoms with Crippen molar-refractivity contribution in [2.75, 3.05) is 27.8 Å². The quantitative estimate of drug-likeness (QED) is 0.723. The molecule has 1 aromatic carbocycles. The first-order valence-corrected chi connectivity index (χ1v) is 9.11. The molecule has 0 aliphatic carbocycles. The van der Waals surface area contributed by atoms with Gasteiger partial charge in [-0.3, -0.25) is 4.79 Å². The van der Waals surface area contributed by atoms with Crippen LogP contribution in [0.25, 0.3) is 0 Å². The summed E-state index contributed by atoms with van der Waals surface area (Å²) in [6.45, 7) is 7.02. The van der Waals surface area contributed by atoms with Crippen LogP contribution in [-0.2, 0) is 14.3 Å². The summed E-state index contributed by atoms with van der Waals surface area (Å²) in [5, 5.41) is 0. The van der Waals surface area contributed by atoms with E-state index in [0.717, 1.165) is 11.3 Å². The fourth-order valence-electron chi connectivity index (χ4n) is 3.07. The van der Waals surface area contributed by atoms with Gasteiger partial charge >= 0.3 is 0 Å². The van der Waals surface area contributed by atoms with Crippen LogP contribution < -0.4 is 4.74 Å². The SMILES string of the molecule is COc1ccc([C@@H]2OC[C@@H](C)[C@H]([C@@H](C)/C(C)=C/CC(=O)N(C)C)O2)cc1. The Balaban J connectivity index is 2.06. The minimum Gasteiger partial charge on any atom is -0.497 e. The van der Waals surface area contributed by atoms with E-state index < -0.39 is 0 Å². The van der Waals surface area contributed by atoms with Crippen molar-refractivity contribution in [3.8, 4) is 5.75 Å². The van der Waals surface area contributed by atoms with Crippen molar-refractivity contribution in [2.45, 2.75) is 39.6 Å². The van der Waals surface area contributed by atoms with Crippen molar-refractivity contribution in [1.29, 1.82) is 0 Å². The molecule has 4 atom stereocenters. The van der Waals surface area contributed by atoms with Crippen molar-refractivity contribution in [2.24, 2.45) is 11.8 Å². The number of ether oxygens (including phenoxy) is 3. The average molecular weight is 361 g/mol. The minimum absolute atomic E-state index is 0.0431. The molecule has 1 amide bonds. The van der Waals surface area contributed by atoms with Crippen LogP contribution in [0.4, 0.5) is 0 Å². The molecule has 26 heavy (non-hydrogen) atoms. The van der Waals surface area contributed by atoms with Gasteiger partial charge in [-0.05, 0) is 19.1 Å². The predicted molar refractivity (Wildman–Crippen MR) is 102 cm³/mol.